The largest absolute Gasteiger partial charge is 0.573 e. The molecule has 0 saturated carbocycles. The molecule has 0 fully saturated rings. The monoisotopic (exact) mass is 434 g/mol. The first-order valence-electron chi connectivity index (χ1n) is 9.26. The lowest BCUT2D eigenvalue weighted by atomic mass is 10.2. The van der Waals surface area contributed by atoms with Gasteiger partial charge in [0.15, 0.2) is 17.6 Å². The maximum atomic E-state index is 12.7. The molecule has 4 rings (SSSR count). The Bertz CT molecular complexity index is 1360. The Hall–Kier alpha value is -4.03. The predicted molar refractivity (Wildman–Crippen MR) is 114 cm³/mol. The number of ether oxygens (including phenoxy) is 2. The number of nitrogens with zero attached hydrogens (tertiary/aromatic N) is 2. The molecule has 0 atom stereocenters. The minimum atomic E-state index is -3.88. The molecule has 1 heterocycles. The summed E-state index contributed by atoms with van der Waals surface area (Å²) in [6, 6.07) is 20.0. The number of benzene rings is 3. The van der Waals surface area contributed by atoms with Gasteiger partial charge in [0.05, 0.1) is 23.6 Å². The summed E-state index contributed by atoms with van der Waals surface area (Å²) in [4.78, 5) is 6.36. The van der Waals surface area contributed by atoms with E-state index in [9.17, 15) is 8.42 Å². The van der Waals surface area contributed by atoms with Gasteiger partial charge in [-0.25, -0.2) is 18.4 Å². The van der Waals surface area contributed by atoms with Crippen LogP contribution in [-0.2, 0) is 16.6 Å². The highest BCUT2D eigenvalue weighted by molar-refractivity contribution is 7.94. The third-order valence-electron chi connectivity index (χ3n) is 4.52. The number of H-pyrrole nitrogens is 2. The maximum absolute atomic E-state index is 12.7. The van der Waals surface area contributed by atoms with Crippen molar-refractivity contribution in [2.24, 2.45) is 0 Å². The standard InChI is InChI=1S/C22H17N4O4S/c1-29-17-8-4-16(5-9-17)26-31(27,28)19-10-11-20-21(12-19)25-22(24-20)14-30-18-6-2-15(13-23)3-7-18/h2-12H,14H2,1H3,(H,24,25)/q-1/p+1. The van der Waals surface area contributed by atoms with E-state index in [1.54, 1.807) is 54.6 Å². The topological polar surface area (TPSA) is 120 Å². The molecule has 3 aromatic carbocycles. The van der Waals surface area contributed by atoms with Gasteiger partial charge in [-0.05, 0) is 48.5 Å². The molecule has 0 bridgehead atoms. The van der Waals surface area contributed by atoms with E-state index in [0.29, 0.717) is 34.1 Å². The summed E-state index contributed by atoms with van der Waals surface area (Å²) in [6.07, 6.45) is 0. The molecular formula is C22H18N4O4S. The van der Waals surface area contributed by atoms with E-state index < -0.39 is 10.0 Å². The number of hydrogen-bond acceptors (Lipinski definition) is 5. The molecule has 4 aromatic rings. The van der Waals surface area contributed by atoms with Crippen molar-refractivity contribution in [2.45, 2.75) is 11.5 Å². The van der Waals surface area contributed by atoms with Crippen molar-refractivity contribution >= 4 is 26.7 Å². The van der Waals surface area contributed by atoms with Crippen molar-refractivity contribution in [3.8, 4) is 17.6 Å². The normalized spacial score (nSPS) is 11.1. The minimum absolute atomic E-state index is 0.0747. The number of rotatable bonds is 7. The highest BCUT2D eigenvalue weighted by Crippen LogP contribution is 2.30. The molecule has 9 heteroatoms. The number of nitrogens with one attached hydrogen (secondary N) is 2. The summed E-state index contributed by atoms with van der Waals surface area (Å²) < 4.78 is 40.1. The van der Waals surface area contributed by atoms with E-state index >= 15 is 0 Å². The Kier molecular flexibility index (Phi) is 5.47. The second-order valence-electron chi connectivity index (χ2n) is 6.63. The summed E-state index contributed by atoms with van der Waals surface area (Å²) >= 11 is 0. The quantitative estimate of drug-likeness (QED) is 0.474. The van der Waals surface area contributed by atoms with Crippen molar-refractivity contribution in [1.82, 2.24) is 4.98 Å². The molecule has 2 N–H and O–H groups in total. The molecule has 0 aliphatic heterocycles. The number of aromatic nitrogens is 2. The van der Waals surface area contributed by atoms with Crippen LogP contribution >= 0.6 is 0 Å². The summed E-state index contributed by atoms with van der Waals surface area (Å²) in [5.74, 6) is 1.91. The summed E-state index contributed by atoms with van der Waals surface area (Å²) in [5, 5.41) is 8.85. The van der Waals surface area contributed by atoms with Crippen molar-refractivity contribution in [3.05, 3.63) is 82.8 Å². The number of imidazole rings is 1. The molecule has 0 amide bonds. The second-order valence-corrected chi connectivity index (χ2v) is 8.23. The molecule has 0 spiro atoms. The number of sulfonamides is 1. The van der Waals surface area contributed by atoms with E-state index in [1.807, 2.05) is 0 Å². The molecule has 8 nitrogen and oxygen atoms in total. The fourth-order valence-electron chi connectivity index (χ4n) is 2.94. The minimum Gasteiger partial charge on any atom is -0.573 e. The first-order valence-corrected chi connectivity index (χ1v) is 10.7. The van der Waals surface area contributed by atoms with Gasteiger partial charge in [0.1, 0.15) is 21.5 Å². The second kappa shape index (κ2) is 8.38. The molecule has 0 radical (unpaired) electrons. The molecule has 31 heavy (non-hydrogen) atoms. The average molecular weight is 434 g/mol. The van der Waals surface area contributed by atoms with Gasteiger partial charge in [-0.2, -0.15) is 5.26 Å². The Morgan fingerprint density at radius 3 is 2.42 bits per heavy atom. The molecule has 0 saturated heterocycles. The van der Waals surface area contributed by atoms with E-state index in [1.165, 1.54) is 19.2 Å². The van der Waals surface area contributed by atoms with Crippen LogP contribution in [0.1, 0.15) is 11.4 Å². The molecule has 156 valence electrons. The van der Waals surface area contributed by atoms with Gasteiger partial charge in [-0.15, -0.1) is 5.69 Å². The highest BCUT2D eigenvalue weighted by Gasteiger charge is 2.14. The summed E-state index contributed by atoms with van der Waals surface area (Å²) in [5.41, 5.74) is 2.22. The van der Waals surface area contributed by atoms with Gasteiger partial charge in [0.2, 0.25) is 0 Å². The fourth-order valence-corrected chi connectivity index (χ4v) is 3.95. The first-order chi connectivity index (χ1) is 15.0. The van der Waals surface area contributed by atoms with Crippen LogP contribution in [0.25, 0.3) is 15.8 Å². The zero-order valence-corrected chi connectivity index (χ0v) is 17.3. The molecule has 0 aliphatic carbocycles. The van der Waals surface area contributed by atoms with Gasteiger partial charge in [-0.3, -0.25) is 0 Å². The van der Waals surface area contributed by atoms with Crippen molar-refractivity contribution in [1.29, 1.82) is 5.26 Å². The highest BCUT2D eigenvalue weighted by atomic mass is 32.2. The van der Waals surface area contributed by atoms with Crippen LogP contribution < -0.4 is 14.5 Å². The number of fused-ring (bicyclic) bond motifs is 1. The number of methoxy groups -OCH3 is 1. The van der Waals surface area contributed by atoms with Crippen molar-refractivity contribution < 1.29 is 22.9 Å². The molecule has 0 unspecified atom stereocenters. The van der Waals surface area contributed by atoms with Crippen LogP contribution in [-0.4, -0.2) is 20.5 Å². The Balaban J connectivity index is 1.50. The van der Waals surface area contributed by atoms with Gasteiger partial charge in [0.25, 0.3) is 5.82 Å². The van der Waals surface area contributed by atoms with E-state index in [4.69, 9.17) is 14.7 Å². The summed E-state index contributed by atoms with van der Waals surface area (Å²) in [6.45, 7) is 0.221. The predicted octanol–water partition coefficient (Wildman–Crippen LogP) is 3.84. The smallest absolute Gasteiger partial charge is 0.291 e. The van der Waals surface area contributed by atoms with E-state index in [2.05, 4.69) is 20.8 Å². The average Bonchev–Trinajstić information content (AvgIpc) is 3.20. The third-order valence-corrected chi connectivity index (χ3v) is 5.83. The Morgan fingerprint density at radius 1 is 1.03 bits per heavy atom. The summed E-state index contributed by atoms with van der Waals surface area (Å²) in [7, 11) is -2.35. The van der Waals surface area contributed by atoms with E-state index in [-0.39, 0.29) is 11.5 Å². The van der Waals surface area contributed by atoms with Gasteiger partial charge in [-0.1, -0.05) is 12.1 Å². The van der Waals surface area contributed by atoms with Gasteiger partial charge >= 0.3 is 0 Å². The maximum Gasteiger partial charge on any atom is 0.291 e. The third kappa shape index (κ3) is 4.60. The van der Waals surface area contributed by atoms with Gasteiger partial charge < -0.3 is 14.2 Å². The molecule has 0 aliphatic rings. The van der Waals surface area contributed by atoms with Crippen LogP contribution in [0, 0.1) is 11.3 Å². The number of nitriles is 1. The number of hydrogen-bond donors (Lipinski definition) is 1. The first kappa shape index (κ1) is 20.3. The Labute approximate surface area is 179 Å². The van der Waals surface area contributed by atoms with E-state index in [0.717, 1.165) is 5.52 Å². The fraction of sp³-hybridized carbons (Fsp3) is 0.0909. The number of aromatic amines is 2. The zero-order valence-electron chi connectivity index (χ0n) is 16.5. The molecule has 1 aromatic heterocycles. The van der Waals surface area contributed by atoms with Crippen molar-refractivity contribution in [3.63, 3.8) is 0 Å². The van der Waals surface area contributed by atoms with Crippen LogP contribution in [0.2, 0.25) is 0 Å². The van der Waals surface area contributed by atoms with Crippen LogP contribution in [0.15, 0.2) is 71.6 Å². The van der Waals surface area contributed by atoms with Crippen LogP contribution in [0.3, 0.4) is 0 Å². The van der Waals surface area contributed by atoms with Crippen molar-refractivity contribution in [2.75, 3.05) is 7.11 Å². The SMILES string of the molecule is COc1ccc([N-]S(=O)(=O)c2ccc3[nH+]c(COc4ccc(C#N)cc4)[nH]c3c2)cc1. The Morgan fingerprint density at radius 2 is 1.74 bits per heavy atom. The lowest BCUT2D eigenvalue weighted by Crippen LogP contribution is -2.10. The van der Waals surface area contributed by atoms with Gasteiger partial charge in [0, 0.05) is 6.07 Å². The zero-order chi connectivity index (χ0) is 21.8. The lowest BCUT2D eigenvalue weighted by molar-refractivity contribution is -0.362. The van der Waals surface area contributed by atoms with Crippen LogP contribution in [0.5, 0.6) is 11.5 Å². The lowest BCUT2D eigenvalue weighted by Gasteiger charge is -2.21. The molecular weight excluding hydrogens is 416 g/mol. The van der Waals surface area contributed by atoms with Crippen LogP contribution in [0.4, 0.5) is 5.69 Å².